The Morgan fingerprint density at radius 1 is 1.38 bits per heavy atom. The molecule has 1 N–H and O–H groups in total. The zero-order valence-corrected chi connectivity index (χ0v) is 12.5. The van der Waals surface area contributed by atoms with Crippen molar-refractivity contribution in [3.63, 3.8) is 0 Å². The van der Waals surface area contributed by atoms with Gasteiger partial charge in [0.15, 0.2) is 10.0 Å². The second-order valence-corrected chi connectivity index (χ2v) is 7.09. The zero-order chi connectivity index (χ0) is 14.4. The minimum atomic E-state index is -0.869. The van der Waals surface area contributed by atoms with E-state index >= 15 is 0 Å². The molecule has 21 heavy (non-hydrogen) atoms. The Labute approximate surface area is 129 Å². The van der Waals surface area contributed by atoms with Crippen molar-refractivity contribution in [2.75, 3.05) is 10.2 Å². The number of amides is 2. The van der Waals surface area contributed by atoms with Crippen LogP contribution in [0.3, 0.4) is 0 Å². The number of hydrogen-bond acceptors (Lipinski definition) is 5. The van der Waals surface area contributed by atoms with Gasteiger partial charge in [0.2, 0.25) is 5.91 Å². The van der Waals surface area contributed by atoms with Crippen molar-refractivity contribution < 1.29 is 9.59 Å². The van der Waals surface area contributed by atoms with Crippen LogP contribution in [0.2, 0.25) is 0 Å². The first-order chi connectivity index (χ1) is 10.2. The summed E-state index contributed by atoms with van der Waals surface area (Å²) in [6, 6.07) is 7.65. The third kappa shape index (κ3) is 1.81. The molecule has 1 aromatic heterocycles. The van der Waals surface area contributed by atoms with E-state index in [2.05, 4.69) is 10.3 Å². The van der Waals surface area contributed by atoms with Crippen LogP contribution < -0.4 is 10.2 Å². The first-order valence-electron chi connectivity index (χ1n) is 6.53. The summed E-state index contributed by atoms with van der Waals surface area (Å²) < 4.78 is 0. The van der Waals surface area contributed by atoms with Gasteiger partial charge in [-0.1, -0.05) is 23.9 Å². The van der Waals surface area contributed by atoms with E-state index < -0.39 is 4.87 Å². The van der Waals surface area contributed by atoms with E-state index in [9.17, 15) is 9.59 Å². The van der Waals surface area contributed by atoms with Crippen molar-refractivity contribution in [3.05, 3.63) is 35.8 Å². The van der Waals surface area contributed by atoms with Gasteiger partial charge in [-0.15, -0.1) is 11.3 Å². The number of thiazole rings is 1. The lowest BCUT2D eigenvalue weighted by molar-refractivity contribution is -0.121. The molecule has 1 saturated heterocycles. The molecule has 4 rings (SSSR count). The summed E-state index contributed by atoms with van der Waals surface area (Å²) in [5, 5.41) is 5.20. The highest BCUT2D eigenvalue weighted by atomic mass is 32.2. The molecule has 7 heteroatoms. The number of hydrogen-bond donors (Lipinski definition) is 1. The van der Waals surface area contributed by atoms with Gasteiger partial charge in [-0.2, -0.15) is 0 Å². The van der Waals surface area contributed by atoms with Crippen molar-refractivity contribution >= 4 is 45.7 Å². The molecule has 106 valence electrons. The Hall–Kier alpha value is -1.86. The minimum absolute atomic E-state index is 0.00161. The van der Waals surface area contributed by atoms with Crippen LogP contribution in [0.5, 0.6) is 0 Å². The predicted molar refractivity (Wildman–Crippen MR) is 82.5 cm³/mol. The molecule has 2 aliphatic rings. The molecule has 0 spiro atoms. The summed E-state index contributed by atoms with van der Waals surface area (Å²) in [5.74, 6) is -0.175. The summed E-state index contributed by atoms with van der Waals surface area (Å²) in [6.45, 7) is 0. The lowest BCUT2D eigenvalue weighted by Crippen LogP contribution is -2.49. The maximum atomic E-state index is 12.8. The van der Waals surface area contributed by atoms with Crippen LogP contribution in [0.25, 0.3) is 0 Å². The van der Waals surface area contributed by atoms with Crippen LogP contribution in [0.4, 0.5) is 10.8 Å². The molecule has 0 unspecified atom stereocenters. The average molecular weight is 317 g/mol. The Bertz CT molecular complexity index is 732. The molecular weight excluding hydrogens is 306 g/mol. The van der Waals surface area contributed by atoms with Gasteiger partial charge < -0.3 is 0 Å². The number of carbonyl (C=O) groups is 2. The summed E-state index contributed by atoms with van der Waals surface area (Å²) >= 11 is 2.83. The standard InChI is InChI=1S/C14H11N3O2S2/c18-11-5-6-14(12(19)16-13-15-7-8-20-13)17(11)9-3-1-2-4-10(9)21-14/h1-4,7-8H,5-6H2,(H,15,16,19)/t14-/m1/s1. The number of rotatable bonds is 2. The van der Waals surface area contributed by atoms with Crippen molar-refractivity contribution in [3.8, 4) is 0 Å². The quantitative estimate of drug-likeness (QED) is 0.925. The van der Waals surface area contributed by atoms with E-state index in [1.165, 1.54) is 23.1 Å². The molecule has 2 aromatic rings. The Balaban J connectivity index is 1.73. The third-order valence-electron chi connectivity index (χ3n) is 3.68. The zero-order valence-electron chi connectivity index (χ0n) is 10.9. The monoisotopic (exact) mass is 317 g/mol. The molecule has 2 amide bonds. The fraction of sp³-hybridized carbons (Fsp3) is 0.214. The highest BCUT2D eigenvalue weighted by Gasteiger charge is 2.57. The van der Waals surface area contributed by atoms with Gasteiger partial charge in [-0.05, 0) is 18.6 Å². The topological polar surface area (TPSA) is 62.3 Å². The van der Waals surface area contributed by atoms with Gasteiger partial charge in [0.1, 0.15) is 0 Å². The van der Waals surface area contributed by atoms with Crippen LogP contribution in [0, 0.1) is 0 Å². The molecule has 0 saturated carbocycles. The molecule has 0 bridgehead atoms. The van der Waals surface area contributed by atoms with E-state index in [4.69, 9.17) is 0 Å². The average Bonchev–Trinajstić information content (AvgIpc) is 3.15. The smallest absolute Gasteiger partial charge is 0.263 e. The molecule has 0 radical (unpaired) electrons. The first kappa shape index (κ1) is 12.8. The van der Waals surface area contributed by atoms with Crippen LogP contribution in [-0.2, 0) is 9.59 Å². The van der Waals surface area contributed by atoms with Gasteiger partial charge in [0.05, 0.1) is 5.69 Å². The van der Waals surface area contributed by atoms with Gasteiger partial charge in [0.25, 0.3) is 5.91 Å². The number of aromatic nitrogens is 1. The number of fused-ring (bicyclic) bond motifs is 3. The van der Waals surface area contributed by atoms with Gasteiger partial charge >= 0.3 is 0 Å². The van der Waals surface area contributed by atoms with Gasteiger partial charge in [-0.3, -0.25) is 19.8 Å². The van der Waals surface area contributed by atoms with E-state index in [0.29, 0.717) is 18.0 Å². The molecular formula is C14H11N3O2S2. The molecule has 1 aromatic carbocycles. The molecule has 1 fully saturated rings. The second kappa shape index (κ2) is 4.57. The maximum absolute atomic E-state index is 12.8. The summed E-state index contributed by atoms with van der Waals surface area (Å²) in [7, 11) is 0. The van der Waals surface area contributed by atoms with E-state index in [0.717, 1.165) is 10.6 Å². The number of para-hydroxylation sites is 1. The van der Waals surface area contributed by atoms with Crippen molar-refractivity contribution in [2.45, 2.75) is 22.6 Å². The molecule has 0 aliphatic carbocycles. The normalized spacial score (nSPS) is 23.0. The fourth-order valence-corrected chi connectivity index (χ4v) is 4.72. The second-order valence-electron chi connectivity index (χ2n) is 4.87. The number of nitrogens with zero attached hydrogens (tertiary/aromatic N) is 2. The third-order valence-corrected chi connectivity index (χ3v) is 5.84. The van der Waals surface area contributed by atoms with Crippen LogP contribution >= 0.6 is 23.1 Å². The van der Waals surface area contributed by atoms with Crippen LogP contribution in [0.15, 0.2) is 40.7 Å². The lowest BCUT2D eigenvalue weighted by atomic mass is 10.2. The minimum Gasteiger partial charge on any atom is -0.299 e. The summed E-state index contributed by atoms with van der Waals surface area (Å²) in [6.07, 6.45) is 2.56. The molecule has 1 atom stereocenters. The molecule has 2 aliphatic heterocycles. The van der Waals surface area contributed by atoms with Crippen LogP contribution in [-0.4, -0.2) is 21.7 Å². The first-order valence-corrected chi connectivity index (χ1v) is 8.22. The van der Waals surface area contributed by atoms with E-state index in [1.54, 1.807) is 16.5 Å². The summed E-state index contributed by atoms with van der Waals surface area (Å²) in [5.41, 5.74) is 0.833. The number of nitrogens with one attached hydrogen (secondary N) is 1. The van der Waals surface area contributed by atoms with E-state index in [1.807, 2.05) is 24.3 Å². The van der Waals surface area contributed by atoms with Crippen molar-refractivity contribution in [1.29, 1.82) is 0 Å². The maximum Gasteiger partial charge on any atom is 0.263 e. The summed E-state index contributed by atoms with van der Waals surface area (Å²) in [4.78, 5) is 30.9. The Kier molecular flexibility index (Phi) is 2.80. The fourth-order valence-electron chi connectivity index (χ4n) is 2.78. The Morgan fingerprint density at radius 2 is 2.24 bits per heavy atom. The number of thioether (sulfide) groups is 1. The highest BCUT2D eigenvalue weighted by Crippen LogP contribution is 2.55. The number of anilines is 2. The number of carbonyl (C=O) groups excluding carboxylic acids is 2. The number of benzene rings is 1. The highest BCUT2D eigenvalue weighted by molar-refractivity contribution is 8.02. The van der Waals surface area contributed by atoms with Gasteiger partial charge in [-0.25, -0.2) is 4.98 Å². The van der Waals surface area contributed by atoms with E-state index in [-0.39, 0.29) is 11.8 Å². The molecule has 5 nitrogen and oxygen atoms in total. The Morgan fingerprint density at radius 3 is 3.05 bits per heavy atom. The van der Waals surface area contributed by atoms with Gasteiger partial charge in [0, 0.05) is 22.9 Å². The predicted octanol–water partition coefficient (Wildman–Crippen LogP) is 2.71. The molecule has 3 heterocycles. The lowest BCUT2D eigenvalue weighted by Gasteiger charge is -2.29. The van der Waals surface area contributed by atoms with Crippen molar-refractivity contribution in [1.82, 2.24) is 4.98 Å². The van der Waals surface area contributed by atoms with Crippen LogP contribution in [0.1, 0.15) is 12.8 Å². The van der Waals surface area contributed by atoms with Crippen molar-refractivity contribution in [2.24, 2.45) is 0 Å². The largest absolute Gasteiger partial charge is 0.299 e. The SMILES string of the molecule is O=C1CC[C@]2(C(=O)Nc3nccs3)Sc3ccccc3N12.